The fourth-order valence-electron chi connectivity index (χ4n) is 2.27. The second-order valence-electron chi connectivity index (χ2n) is 5.64. The van der Waals surface area contributed by atoms with Gasteiger partial charge >= 0.3 is 0 Å². The van der Waals surface area contributed by atoms with Crippen molar-refractivity contribution in [3.63, 3.8) is 0 Å². The first kappa shape index (κ1) is 16.0. The van der Waals surface area contributed by atoms with Crippen LogP contribution in [0.4, 0.5) is 0 Å². The van der Waals surface area contributed by atoms with Gasteiger partial charge in [0.05, 0.1) is 0 Å². The third-order valence-electron chi connectivity index (χ3n) is 3.31. The number of hydrogen-bond donors (Lipinski definition) is 1. The van der Waals surface area contributed by atoms with Crippen LogP contribution in [-0.4, -0.2) is 12.1 Å². The Balaban J connectivity index is 3.20. The van der Waals surface area contributed by atoms with E-state index in [1.165, 1.54) is 57.8 Å². The van der Waals surface area contributed by atoms with Crippen LogP contribution in [0.5, 0.6) is 0 Å². The summed E-state index contributed by atoms with van der Waals surface area (Å²) in [6.45, 7) is 10.2. The molecule has 0 aromatic heterocycles. The molecule has 16 heavy (non-hydrogen) atoms. The number of hydrogen-bond acceptors (Lipinski definition) is 1. The average Bonchev–Trinajstić information content (AvgIpc) is 2.22. The van der Waals surface area contributed by atoms with E-state index in [4.69, 9.17) is 0 Å². The standard InChI is InChI=1S/C15H33N/c1-5-7-8-9-10-11-12-13-14-15(3,4)16-6-2/h16H,5-14H2,1-4H3. The van der Waals surface area contributed by atoms with Gasteiger partial charge in [-0.3, -0.25) is 0 Å². The van der Waals surface area contributed by atoms with Crippen LogP contribution in [0.25, 0.3) is 0 Å². The Hall–Kier alpha value is -0.0400. The molecule has 0 unspecified atom stereocenters. The molecule has 0 aliphatic carbocycles. The molecular weight excluding hydrogens is 194 g/mol. The highest BCUT2D eigenvalue weighted by molar-refractivity contribution is 4.76. The third kappa shape index (κ3) is 10.5. The third-order valence-corrected chi connectivity index (χ3v) is 3.31. The molecule has 0 saturated heterocycles. The molecule has 1 nitrogen and oxygen atoms in total. The van der Waals surface area contributed by atoms with Gasteiger partial charge in [0, 0.05) is 5.54 Å². The molecule has 0 heterocycles. The molecule has 0 atom stereocenters. The lowest BCUT2D eigenvalue weighted by atomic mass is 9.96. The van der Waals surface area contributed by atoms with E-state index in [-0.39, 0.29) is 0 Å². The molecule has 0 rings (SSSR count). The van der Waals surface area contributed by atoms with Gasteiger partial charge in [-0.15, -0.1) is 0 Å². The molecule has 0 aliphatic rings. The predicted molar refractivity (Wildman–Crippen MR) is 75.0 cm³/mol. The quantitative estimate of drug-likeness (QED) is 0.495. The minimum atomic E-state index is 0.344. The van der Waals surface area contributed by atoms with Crippen molar-refractivity contribution in [3.8, 4) is 0 Å². The summed E-state index contributed by atoms with van der Waals surface area (Å²) in [5, 5.41) is 3.54. The second-order valence-corrected chi connectivity index (χ2v) is 5.64. The zero-order valence-corrected chi connectivity index (χ0v) is 12.1. The summed E-state index contributed by atoms with van der Waals surface area (Å²) in [5.74, 6) is 0. The average molecular weight is 227 g/mol. The Morgan fingerprint density at radius 1 is 0.750 bits per heavy atom. The Morgan fingerprint density at radius 3 is 1.75 bits per heavy atom. The van der Waals surface area contributed by atoms with Gasteiger partial charge in [0.1, 0.15) is 0 Å². The normalized spacial score (nSPS) is 12.0. The lowest BCUT2D eigenvalue weighted by molar-refractivity contribution is 0.354. The van der Waals surface area contributed by atoms with Crippen LogP contribution in [0.3, 0.4) is 0 Å². The Bertz CT molecular complexity index is 140. The van der Waals surface area contributed by atoms with E-state index in [1.54, 1.807) is 0 Å². The molecule has 0 aliphatic heterocycles. The topological polar surface area (TPSA) is 12.0 Å². The molecule has 0 fully saturated rings. The number of nitrogens with one attached hydrogen (secondary N) is 1. The first-order valence-electron chi connectivity index (χ1n) is 7.37. The molecular formula is C15H33N. The van der Waals surface area contributed by atoms with Crippen LogP contribution in [0, 0.1) is 0 Å². The Kier molecular flexibility index (Phi) is 10.1. The van der Waals surface area contributed by atoms with Gasteiger partial charge in [-0.05, 0) is 26.8 Å². The maximum atomic E-state index is 3.54. The molecule has 0 radical (unpaired) electrons. The monoisotopic (exact) mass is 227 g/mol. The first-order valence-corrected chi connectivity index (χ1v) is 7.37. The summed E-state index contributed by atoms with van der Waals surface area (Å²) >= 11 is 0. The van der Waals surface area contributed by atoms with E-state index in [9.17, 15) is 0 Å². The molecule has 0 amide bonds. The Morgan fingerprint density at radius 2 is 1.25 bits per heavy atom. The van der Waals surface area contributed by atoms with E-state index >= 15 is 0 Å². The van der Waals surface area contributed by atoms with E-state index < -0.39 is 0 Å². The lowest BCUT2D eigenvalue weighted by Gasteiger charge is -2.25. The molecule has 98 valence electrons. The van der Waals surface area contributed by atoms with Gasteiger partial charge < -0.3 is 5.32 Å². The zero-order valence-electron chi connectivity index (χ0n) is 12.1. The summed E-state index contributed by atoms with van der Waals surface area (Å²) in [6, 6.07) is 0. The first-order chi connectivity index (χ1) is 7.62. The molecule has 0 aromatic rings. The molecule has 1 N–H and O–H groups in total. The van der Waals surface area contributed by atoms with Crippen LogP contribution < -0.4 is 5.32 Å². The summed E-state index contributed by atoms with van der Waals surface area (Å²) in [5.41, 5.74) is 0.344. The Labute approximate surface area is 103 Å². The highest BCUT2D eigenvalue weighted by atomic mass is 14.9. The van der Waals surface area contributed by atoms with Gasteiger partial charge in [0.2, 0.25) is 0 Å². The molecule has 0 bridgehead atoms. The van der Waals surface area contributed by atoms with Crippen molar-refractivity contribution in [3.05, 3.63) is 0 Å². The van der Waals surface area contributed by atoms with Crippen LogP contribution in [-0.2, 0) is 0 Å². The van der Waals surface area contributed by atoms with Crippen molar-refractivity contribution in [2.75, 3.05) is 6.54 Å². The number of rotatable bonds is 11. The van der Waals surface area contributed by atoms with E-state index in [0.717, 1.165) is 6.54 Å². The van der Waals surface area contributed by atoms with Crippen molar-refractivity contribution in [2.24, 2.45) is 0 Å². The van der Waals surface area contributed by atoms with Gasteiger partial charge in [-0.1, -0.05) is 65.2 Å². The van der Waals surface area contributed by atoms with Crippen LogP contribution >= 0.6 is 0 Å². The maximum absolute atomic E-state index is 3.54. The highest BCUT2D eigenvalue weighted by Crippen LogP contribution is 2.15. The second kappa shape index (κ2) is 10.1. The van der Waals surface area contributed by atoms with E-state index in [2.05, 4.69) is 33.0 Å². The zero-order chi connectivity index (χ0) is 12.3. The number of unbranched alkanes of at least 4 members (excludes halogenated alkanes) is 7. The van der Waals surface area contributed by atoms with Crippen molar-refractivity contribution >= 4 is 0 Å². The largest absolute Gasteiger partial charge is 0.312 e. The van der Waals surface area contributed by atoms with Gasteiger partial charge in [-0.2, -0.15) is 0 Å². The summed E-state index contributed by atoms with van der Waals surface area (Å²) in [6.07, 6.45) is 12.7. The lowest BCUT2D eigenvalue weighted by Crippen LogP contribution is -2.38. The fourth-order valence-corrected chi connectivity index (χ4v) is 2.27. The van der Waals surface area contributed by atoms with Gasteiger partial charge in [-0.25, -0.2) is 0 Å². The minimum absolute atomic E-state index is 0.344. The summed E-state index contributed by atoms with van der Waals surface area (Å²) in [4.78, 5) is 0. The minimum Gasteiger partial charge on any atom is -0.312 e. The van der Waals surface area contributed by atoms with Gasteiger partial charge in [0.15, 0.2) is 0 Å². The van der Waals surface area contributed by atoms with Gasteiger partial charge in [0.25, 0.3) is 0 Å². The van der Waals surface area contributed by atoms with E-state index in [0.29, 0.717) is 5.54 Å². The molecule has 0 spiro atoms. The fraction of sp³-hybridized carbons (Fsp3) is 1.00. The summed E-state index contributed by atoms with van der Waals surface area (Å²) < 4.78 is 0. The summed E-state index contributed by atoms with van der Waals surface area (Å²) in [7, 11) is 0. The van der Waals surface area contributed by atoms with Crippen LogP contribution in [0.2, 0.25) is 0 Å². The van der Waals surface area contributed by atoms with Crippen LogP contribution in [0.1, 0.15) is 85.5 Å². The van der Waals surface area contributed by atoms with Crippen molar-refractivity contribution in [2.45, 2.75) is 91.0 Å². The van der Waals surface area contributed by atoms with Crippen molar-refractivity contribution in [1.82, 2.24) is 5.32 Å². The van der Waals surface area contributed by atoms with Crippen LogP contribution in [0.15, 0.2) is 0 Å². The molecule has 0 saturated carbocycles. The van der Waals surface area contributed by atoms with Crippen molar-refractivity contribution in [1.29, 1.82) is 0 Å². The predicted octanol–water partition coefficient (Wildman–Crippen LogP) is 4.91. The highest BCUT2D eigenvalue weighted by Gasteiger charge is 2.14. The molecule has 1 heteroatoms. The maximum Gasteiger partial charge on any atom is 0.0125 e. The molecule has 0 aromatic carbocycles. The SMILES string of the molecule is CCCCCCCCCCC(C)(C)NCC. The van der Waals surface area contributed by atoms with Crippen molar-refractivity contribution < 1.29 is 0 Å². The van der Waals surface area contributed by atoms with E-state index in [1.807, 2.05) is 0 Å². The smallest absolute Gasteiger partial charge is 0.0125 e.